The van der Waals surface area contributed by atoms with Gasteiger partial charge in [0.05, 0.1) is 12.3 Å². The zero-order valence-electron chi connectivity index (χ0n) is 15.3. The highest BCUT2D eigenvalue weighted by atomic mass is 127. The average molecular weight is 515 g/mol. The number of sulfonamides is 1. The maximum Gasteiger partial charge on any atom is 0.403 e. The fourth-order valence-corrected chi connectivity index (χ4v) is 3.03. The smallest absolute Gasteiger partial charge is 0.357 e. The number of hydrogen-bond acceptors (Lipinski definition) is 4. The zero-order chi connectivity index (χ0) is 19.1. The minimum atomic E-state index is -4.23. The number of hydrogen-bond donors (Lipinski definition) is 2. The lowest BCUT2D eigenvalue weighted by Crippen LogP contribution is -2.56. The van der Waals surface area contributed by atoms with Crippen molar-refractivity contribution >= 4 is 40.0 Å². The number of alkyl halides is 3. The minimum Gasteiger partial charge on any atom is -0.357 e. The molecule has 1 aliphatic heterocycles. The van der Waals surface area contributed by atoms with Gasteiger partial charge >= 0.3 is 6.18 Å². The number of aliphatic imine (C=N–C) groups is 1. The topological polar surface area (TPSA) is 77.0 Å². The van der Waals surface area contributed by atoms with Crippen molar-refractivity contribution in [3.8, 4) is 0 Å². The summed E-state index contributed by atoms with van der Waals surface area (Å²) in [6.45, 7) is 7.18. The van der Waals surface area contributed by atoms with E-state index in [-0.39, 0.29) is 42.8 Å². The highest BCUT2D eigenvalue weighted by Gasteiger charge is 2.41. The Bertz CT molecular complexity index is 537. The van der Waals surface area contributed by atoms with E-state index in [1.54, 1.807) is 6.92 Å². The summed E-state index contributed by atoms with van der Waals surface area (Å²) in [7, 11) is -3.25. The van der Waals surface area contributed by atoms with Gasteiger partial charge in [-0.3, -0.25) is 9.89 Å². The van der Waals surface area contributed by atoms with Crippen molar-refractivity contribution in [2.24, 2.45) is 4.99 Å². The van der Waals surface area contributed by atoms with Gasteiger partial charge < -0.3 is 10.2 Å². The highest BCUT2D eigenvalue weighted by molar-refractivity contribution is 14.0. The maximum atomic E-state index is 12.8. The Hall–Kier alpha value is -0.340. The van der Waals surface area contributed by atoms with E-state index in [9.17, 15) is 21.6 Å². The Morgan fingerprint density at radius 1 is 1.19 bits per heavy atom. The van der Waals surface area contributed by atoms with E-state index in [4.69, 9.17) is 0 Å². The van der Waals surface area contributed by atoms with Gasteiger partial charge in [-0.2, -0.15) is 13.2 Å². The molecule has 1 aliphatic rings. The lowest BCUT2D eigenvalue weighted by molar-refractivity contribution is -0.181. The molecule has 1 atom stereocenters. The second kappa shape index (κ2) is 11.5. The SMILES string of the molecule is CCNC(=NCCNS(=O)(=O)CC)N1CCN(C(C)C(F)(F)F)CC1.I. The molecule has 0 bridgehead atoms. The number of rotatable bonds is 7. The van der Waals surface area contributed by atoms with Crippen LogP contribution in [0.4, 0.5) is 13.2 Å². The lowest BCUT2D eigenvalue weighted by Gasteiger charge is -2.39. The maximum absolute atomic E-state index is 12.8. The Balaban J connectivity index is 0.00000625. The fourth-order valence-electron chi connectivity index (χ4n) is 2.42. The highest BCUT2D eigenvalue weighted by Crippen LogP contribution is 2.25. The van der Waals surface area contributed by atoms with Gasteiger partial charge in [-0.15, -0.1) is 24.0 Å². The molecule has 0 aromatic heterocycles. The first-order valence-electron chi connectivity index (χ1n) is 8.42. The molecular weight excluding hydrogens is 486 g/mol. The first kappa shape index (κ1) is 25.7. The zero-order valence-corrected chi connectivity index (χ0v) is 18.5. The van der Waals surface area contributed by atoms with Crippen molar-refractivity contribution < 1.29 is 21.6 Å². The van der Waals surface area contributed by atoms with E-state index in [0.717, 1.165) is 0 Å². The standard InChI is InChI=1S/C14H28F3N5O2S.HI/c1-4-18-13(19-6-7-20-25(23,24)5-2)22-10-8-21(9-11-22)12(3)14(15,16)17;/h12,20H,4-11H2,1-3H3,(H,18,19);1H. The molecule has 0 amide bonds. The second-order valence-electron chi connectivity index (χ2n) is 5.77. The molecule has 0 saturated carbocycles. The van der Waals surface area contributed by atoms with E-state index in [2.05, 4.69) is 15.0 Å². The number of halogens is 4. The number of nitrogens with zero attached hydrogens (tertiary/aromatic N) is 3. The van der Waals surface area contributed by atoms with E-state index in [1.165, 1.54) is 11.8 Å². The van der Waals surface area contributed by atoms with Crippen molar-refractivity contribution in [1.29, 1.82) is 0 Å². The quantitative estimate of drug-likeness (QED) is 0.230. The van der Waals surface area contributed by atoms with Gasteiger partial charge in [0.25, 0.3) is 0 Å². The van der Waals surface area contributed by atoms with Crippen LogP contribution in [-0.2, 0) is 10.0 Å². The van der Waals surface area contributed by atoms with E-state index < -0.39 is 22.2 Å². The summed E-state index contributed by atoms with van der Waals surface area (Å²) in [5.41, 5.74) is 0. The first-order valence-corrected chi connectivity index (χ1v) is 10.1. The molecule has 2 N–H and O–H groups in total. The normalized spacial score (nSPS) is 18.4. The summed E-state index contributed by atoms with van der Waals surface area (Å²) >= 11 is 0. The van der Waals surface area contributed by atoms with Crippen molar-refractivity contribution in [1.82, 2.24) is 19.8 Å². The van der Waals surface area contributed by atoms with Crippen LogP contribution in [0.15, 0.2) is 4.99 Å². The second-order valence-corrected chi connectivity index (χ2v) is 7.87. The van der Waals surface area contributed by atoms with Crippen LogP contribution in [-0.4, -0.2) is 88.0 Å². The van der Waals surface area contributed by atoms with Gasteiger partial charge in [-0.05, 0) is 20.8 Å². The molecule has 0 spiro atoms. The fraction of sp³-hybridized carbons (Fsp3) is 0.929. The molecule has 0 aliphatic carbocycles. The van der Waals surface area contributed by atoms with Crippen LogP contribution in [0.3, 0.4) is 0 Å². The number of nitrogens with one attached hydrogen (secondary N) is 2. The van der Waals surface area contributed by atoms with Crippen molar-refractivity contribution in [3.05, 3.63) is 0 Å². The minimum absolute atomic E-state index is 0. The van der Waals surface area contributed by atoms with Crippen LogP contribution >= 0.6 is 24.0 Å². The van der Waals surface area contributed by atoms with Gasteiger partial charge in [0.15, 0.2) is 5.96 Å². The Morgan fingerprint density at radius 3 is 2.23 bits per heavy atom. The van der Waals surface area contributed by atoms with Crippen LogP contribution in [0.25, 0.3) is 0 Å². The molecule has 0 radical (unpaired) electrons. The van der Waals surface area contributed by atoms with Crippen LogP contribution in [0, 0.1) is 0 Å². The molecule has 1 rings (SSSR count). The van der Waals surface area contributed by atoms with Crippen molar-refractivity contribution in [2.75, 3.05) is 51.6 Å². The van der Waals surface area contributed by atoms with Crippen molar-refractivity contribution in [2.45, 2.75) is 33.0 Å². The van der Waals surface area contributed by atoms with E-state index in [1.807, 2.05) is 11.8 Å². The Kier molecular flexibility index (Phi) is 11.3. The van der Waals surface area contributed by atoms with E-state index >= 15 is 0 Å². The van der Waals surface area contributed by atoms with Gasteiger partial charge in [0.2, 0.25) is 10.0 Å². The number of piperazine rings is 1. The molecule has 26 heavy (non-hydrogen) atoms. The Labute approximate surface area is 170 Å². The van der Waals surface area contributed by atoms with Crippen LogP contribution in [0.5, 0.6) is 0 Å². The summed E-state index contributed by atoms with van der Waals surface area (Å²) in [5, 5.41) is 3.10. The van der Waals surface area contributed by atoms with Gasteiger partial charge in [-0.25, -0.2) is 13.1 Å². The monoisotopic (exact) mass is 515 g/mol. The molecule has 7 nitrogen and oxygen atoms in total. The first-order chi connectivity index (χ1) is 11.6. The number of guanidine groups is 1. The largest absolute Gasteiger partial charge is 0.403 e. The molecule has 12 heteroatoms. The summed E-state index contributed by atoms with van der Waals surface area (Å²) in [5.74, 6) is 0.605. The molecule has 0 aromatic rings. The molecular formula is C14H29F3IN5O2S. The molecule has 1 saturated heterocycles. The van der Waals surface area contributed by atoms with E-state index in [0.29, 0.717) is 38.7 Å². The van der Waals surface area contributed by atoms with Crippen LogP contribution in [0.2, 0.25) is 0 Å². The van der Waals surface area contributed by atoms with Gasteiger partial charge in [-0.1, -0.05) is 0 Å². The predicted molar refractivity (Wildman–Crippen MR) is 108 cm³/mol. The van der Waals surface area contributed by atoms with Crippen LogP contribution in [0.1, 0.15) is 20.8 Å². The molecule has 1 fully saturated rings. The molecule has 156 valence electrons. The van der Waals surface area contributed by atoms with Crippen LogP contribution < -0.4 is 10.0 Å². The lowest BCUT2D eigenvalue weighted by atomic mass is 10.2. The molecule has 1 unspecified atom stereocenters. The third kappa shape index (κ3) is 8.57. The summed E-state index contributed by atoms with van der Waals surface area (Å²) in [6.07, 6.45) is -4.23. The molecule has 0 aromatic carbocycles. The Morgan fingerprint density at radius 2 is 1.77 bits per heavy atom. The summed E-state index contributed by atoms with van der Waals surface area (Å²) in [6, 6.07) is -1.46. The summed E-state index contributed by atoms with van der Waals surface area (Å²) in [4.78, 5) is 7.67. The molecule has 1 heterocycles. The van der Waals surface area contributed by atoms with Gasteiger partial charge in [0.1, 0.15) is 6.04 Å². The summed E-state index contributed by atoms with van der Waals surface area (Å²) < 4.78 is 63.6. The van der Waals surface area contributed by atoms with Gasteiger partial charge in [0, 0.05) is 39.3 Å². The predicted octanol–water partition coefficient (Wildman–Crippen LogP) is 1.08. The third-order valence-corrected chi connectivity index (χ3v) is 5.45. The van der Waals surface area contributed by atoms with Crippen molar-refractivity contribution in [3.63, 3.8) is 0 Å². The average Bonchev–Trinajstić information content (AvgIpc) is 2.56. The third-order valence-electron chi connectivity index (χ3n) is 4.05.